The SMILES string of the molecule is CCCCCC/C=C/Oc1ccc(C(=O)Nc2ccccc2OCc2nn[nH]n2)cc1. The van der Waals surface area contributed by atoms with Crippen molar-refractivity contribution >= 4 is 11.6 Å². The maximum atomic E-state index is 12.6. The molecule has 8 nitrogen and oxygen atoms in total. The molecule has 1 amide bonds. The molecule has 0 aliphatic rings. The summed E-state index contributed by atoms with van der Waals surface area (Å²) < 4.78 is 11.3. The van der Waals surface area contributed by atoms with E-state index in [0.717, 1.165) is 6.42 Å². The first-order chi connectivity index (χ1) is 15.3. The van der Waals surface area contributed by atoms with Crippen LogP contribution in [0.3, 0.4) is 0 Å². The lowest BCUT2D eigenvalue weighted by atomic mass is 10.1. The van der Waals surface area contributed by atoms with E-state index in [1.54, 1.807) is 42.7 Å². The van der Waals surface area contributed by atoms with Crippen LogP contribution < -0.4 is 14.8 Å². The van der Waals surface area contributed by atoms with Gasteiger partial charge in [-0.2, -0.15) is 5.21 Å². The van der Waals surface area contributed by atoms with E-state index in [2.05, 4.69) is 32.9 Å². The van der Waals surface area contributed by atoms with Gasteiger partial charge in [0.25, 0.3) is 5.91 Å². The fourth-order valence-corrected chi connectivity index (χ4v) is 2.84. The van der Waals surface area contributed by atoms with Crippen molar-refractivity contribution in [3.63, 3.8) is 0 Å². The number of carbonyl (C=O) groups is 1. The molecule has 0 aliphatic heterocycles. The Morgan fingerprint density at radius 2 is 1.94 bits per heavy atom. The van der Waals surface area contributed by atoms with E-state index in [1.807, 2.05) is 18.2 Å². The van der Waals surface area contributed by atoms with E-state index in [4.69, 9.17) is 9.47 Å². The first-order valence-electron chi connectivity index (χ1n) is 10.4. The summed E-state index contributed by atoms with van der Waals surface area (Å²) in [5, 5.41) is 16.4. The van der Waals surface area contributed by atoms with E-state index in [1.165, 1.54) is 25.7 Å². The molecule has 1 aromatic heterocycles. The Hall–Kier alpha value is -3.68. The molecule has 0 saturated heterocycles. The van der Waals surface area contributed by atoms with Gasteiger partial charge in [-0.1, -0.05) is 43.5 Å². The van der Waals surface area contributed by atoms with Gasteiger partial charge in [-0.3, -0.25) is 4.79 Å². The Balaban J connectivity index is 1.51. The highest BCUT2D eigenvalue weighted by molar-refractivity contribution is 6.05. The molecule has 31 heavy (non-hydrogen) atoms. The minimum Gasteiger partial charge on any atom is -0.483 e. The number of rotatable bonds is 12. The number of aromatic nitrogens is 4. The third kappa shape index (κ3) is 7.26. The monoisotopic (exact) mass is 421 g/mol. The summed E-state index contributed by atoms with van der Waals surface area (Å²) in [6.45, 7) is 2.34. The van der Waals surface area contributed by atoms with Crippen LogP contribution in [0, 0.1) is 0 Å². The summed E-state index contributed by atoms with van der Waals surface area (Å²) in [5.74, 6) is 1.38. The Kier molecular flexibility index (Phi) is 8.60. The maximum absolute atomic E-state index is 12.6. The lowest BCUT2D eigenvalue weighted by molar-refractivity contribution is 0.102. The molecule has 3 aromatic rings. The van der Waals surface area contributed by atoms with Crippen molar-refractivity contribution < 1.29 is 14.3 Å². The molecule has 162 valence electrons. The number of ether oxygens (including phenoxy) is 2. The zero-order valence-corrected chi connectivity index (χ0v) is 17.6. The zero-order valence-electron chi connectivity index (χ0n) is 17.6. The predicted octanol–water partition coefficient (Wildman–Crippen LogP) is 4.89. The first kappa shape index (κ1) is 22.0. The molecule has 0 unspecified atom stereocenters. The highest BCUT2D eigenvalue weighted by atomic mass is 16.5. The molecular weight excluding hydrogens is 394 g/mol. The van der Waals surface area contributed by atoms with Crippen LogP contribution in [0.5, 0.6) is 11.5 Å². The van der Waals surface area contributed by atoms with E-state index in [9.17, 15) is 4.79 Å². The number of allylic oxidation sites excluding steroid dienone is 1. The van der Waals surface area contributed by atoms with Crippen LogP contribution in [0.4, 0.5) is 5.69 Å². The molecule has 0 fully saturated rings. The number of nitrogens with one attached hydrogen (secondary N) is 2. The smallest absolute Gasteiger partial charge is 0.255 e. The van der Waals surface area contributed by atoms with Gasteiger partial charge in [0.05, 0.1) is 11.9 Å². The van der Waals surface area contributed by atoms with Gasteiger partial charge in [-0.15, -0.1) is 10.2 Å². The molecule has 0 spiro atoms. The number of hydrogen-bond acceptors (Lipinski definition) is 6. The predicted molar refractivity (Wildman–Crippen MR) is 118 cm³/mol. The van der Waals surface area contributed by atoms with Crippen LogP contribution in [-0.4, -0.2) is 26.5 Å². The zero-order chi connectivity index (χ0) is 21.7. The molecular formula is C23H27N5O3. The summed E-state index contributed by atoms with van der Waals surface area (Å²) in [6, 6.07) is 14.2. The van der Waals surface area contributed by atoms with Crippen LogP contribution >= 0.6 is 0 Å². The lowest BCUT2D eigenvalue weighted by Crippen LogP contribution is -2.13. The number of aromatic amines is 1. The second kappa shape index (κ2) is 12.1. The van der Waals surface area contributed by atoms with Crippen LogP contribution in [0.1, 0.15) is 55.2 Å². The van der Waals surface area contributed by atoms with Crippen molar-refractivity contribution in [2.45, 2.75) is 45.6 Å². The van der Waals surface area contributed by atoms with Crippen molar-refractivity contribution in [3.8, 4) is 11.5 Å². The number of unbranched alkanes of at least 4 members (excludes halogenated alkanes) is 4. The molecule has 0 aliphatic carbocycles. The third-order valence-corrected chi connectivity index (χ3v) is 4.52. The topological polar surface area (TPSA) is 102 Å². The standard InChI is InChI=1S/C23H27N5O3/c1-2-3-4-5-6-9-16-30-19-14-12-18(13-15-19)23(29)24-20-10-7-8-11-21(20)31-17-22-25-27-28-26-22/h7-16H,2-6,17H2,1H3,(H,24,29)(H,25,26,27,28)/b16-9+. The van der Waals surface area contributed by atoms with Gasteiger partial charge in [0.2, 0.25) is 5.82 Å². The van der Waals surface area contributed by atoms with Gasteiger partial charge in [0.15, 0.2) is 6.61 Å². The van der Waals surface area contributed by atoms with Crippen molar-refractivity contribution in [3.05, 3.63) is 72.3 Å². The number of H-pyrrole nitrogens is 1. The van der Waals surface area contributed by atoms with Gasteiger partial charge in [0.1, 0.15) is 11.5 Å². The largest absolute Gasteiger partial charge is 0.483 e. The number of benzene rings is 2. The Bertz CT molecular complexity index is 956. The highest BCUT2D eigenvalue weighted by Crippen LogP contribution is 2.25. The number of nitrogens with zero attached hydrogens (tertiary/aromatic N) is 3. The molecule has 0 bridgehead atoms. The Morgan fingerprint density at radius 1 is 1.10 bits per heavy atom. The van der Waals surface area contributed by atoms with Crippen molar-refractivity contribution in [1.29, 1.82) is 0 Å². The van der Waals surface area contributed by atoms with Crippen molar-refractivity contribution in [1.82, 2.24) is 20.6 Å². The number of anilines is 1. The molecule has 2 aromatic carbocycles. The van der Waals surface area contributed by atoms with Crippen molar-refractivity contribution in [2.24, 2.45) is 0 Å². The van der Waals surface area contributed by atoms with Gasteiger partial charge < -0.3 is 14.8 Å². The average molecular weight is 422 g/mol. The Labute approximate surface area is 181 Å². The van der Waals surface area contributed by atoms with Crippen LogP contribution in [0.2, 0.25) is 0 Å². The van der Waals surface area contributed by atoms with Crippen LogP contribution in [0.25, 0.3) is 0 Å². The highest BCUT2D eigenvalue weighted by Gasteiger charge is 2.11. The molecule has 0 radical (unpaired) electrons. The number of para-hydroxylation sites is 2. The average Bonchev–Trinajstić information content (AvgIpc) is 3.32. The molecule has 1 heterocycles. The van der Waals surface area contributed by atoms with E-state index >= 15 is 0 Å². The maximum Gasteiger partial charge on any atom is 0.255 e. The van der Waals surface area contributed by atoms with Gasteiger partial charge in [-0.25, -0.2) is 0 Å². The summed E-state index contributed by atoms with van der Waals surface area (Å²) in [4.78, 5) is 12.6. The second-order valence-electron chi connectivity index (χ2n) is 6.93. The number of carbonyl (C=O) groups excluding carboxylic acids is 1. The van der Waals surface area contributed by atoms with Gasteiger partial charge in [-0.05, 0) is 55.3 Å². The fraction of sp³-hybridized carbons (Fsp3) is 0.304. The van der Waals surface area contributed by atoms with Gasteiger partial charge >= 0.3 is 0 Å². The summed E-state index contributed by atoms with van der Waals surface area (Å²) in [6.07, 6.45) is 9.67. The third-order valence-electron chi connectivity index (χ3n) is 4.52. The molecule has 0 atom stereocenters. The summed E-state index contributed by atoms with van der Waals surface area (Å²) in [5.41, 5.74) is 1.08. The molecule has 8 heteroatoms. The number of tetrazole rings is 1. The minimum atomic E-state index is -0.242. The summed E-state index contributed by atoms with van der Waals surface area (Å²) >= 11 is 0. The van der Waals surface area contributed by atoms with Gasteiger partial charge in [0, 0.05) is 5.56 Å². The number of hydrogen-bond donors (Lipinski definition) is 2. The number of amides is 1. The Morgan fingerprint density at radius 3 is 2.71 bits per heavy atom. The quantitative estimate of drug-likeness (QED) is 0.319. The molecule has 3 rings (SSSR count). The van der Waals surface area contributed by atoms with E-state index in [-0.39, 0.29) is 12.5 Å². The molecule has 0 saturated carbocycles. The summed E-state index contributed by atoms with van der Waals surface area (Å²) in [7, 11) is 0. The second-order valence-corrected chi connectivity index (χ2v) is 6.93. The van der Waals surface area contributed by atoms with E-state index in [0.29, 0.717) is 28.6 Å². The van der Waals surface area contributed by atoms with Crippen LogP contribution in [-0.2, 0) is 6.61 Å². The van der Waals surface area contributed by atoms with Crippen LogP contribution in [0.15, 0.2) is 60.9 Å². The lowest BCUT2D eigenvalue weighted by Gasteiger charge is -2.11. The fourth-order valence-electron chi connectivity index (χ4n) is 2.84. The van der Waals surface area contributed by atoms with E-state index < -0.39 is 0 Å². The minimum absolute atomic E-state index is 0.140. The normalized spacial score (nSPS) is 10.9. The van der Waals surface area contributed by atoms with Crippen molar-refractivity contribution in [2.75, 3.05) is 5.32 Å². The first-order valence-corrected chi connectivity index (χ1v) is 10.4. The molecule has 2 N–H and O–H groups in total.